The molecule has 1 unspecified atom stereocenters. The number of thioether (sulfide) groups is 1. The summed E-state index contributed by atoms with van der Waals surface area (Å²) in [6, 6.07) is 10.2. The molecule has 0 radical (unpaired) electrons. The largest absolute Gasteiger partial charge is 0.493 e. The second-order valence-corrected chi connectivity index (χ2v) is 8.09. The van der Waals surface area contributed by atoms with Crippen molar-refractivity contribution in [2.75, 3.05) is 26.6 Å². The number of carbonyl (C=O) groups is 2. The molecule has 0 spiro atoms. The Labute approximate surface area is 194 Å². The van der Waals surface area contributed by atoms with Gasteiger partial charge in [-0.05, 0) is 30.3 Å². The highest BCUT2D eigenvalue weighted by molar-refractivity contribution is 8.15. The molecule has 1 fully saturated rings. The number of methoxy groups -OCH3 is 3. The molecule has 9 nitrogen and oxygen atoms in total. The van der Waals surface area contributed by atoms with Crippen LogP contribution in [0.3, 0.4) is 0 Å². The molecule has 11 heteroatoms. The zero-order chi connectivity index (χ0) is 23.1. The van der Waals surface area contributed by atoms with Gasteiger partial charge in [-0.3, -0.25) is 9.59 Å². The van der Waals surface area contributed by atoms with Crippen LogP contribution in [0.15, 0.2) is 46.6 Å². The summed E-state index contributed by atoms with van der Waals surface area (Å²) in [7, 11) is 4.55. The number of ether oxygens (including phenoxy) is 3. The van der Waals surface area contributed by atoms with E-state index in [-0.39, 0.29) is 23.4 Å². The van der Waals surface area contributed by atoms with Crippen molar-refractivity contribution in [2.24, 2.45) is 10.2 Å². The van der Waals surface area contributed by atoms with Crippen LogP contribution in [0, 0.1) is 0 Å². The lowest BCUT2D eigenvalue weighted by Gasteiger charge is -2.21. The van der Waals surface area contributed by atoms with Gasteiger partial charge >= 0.3 is 0 Å². The van der Waals surface area contributed by atoms with Crippen LogP contribution in [-0.4, -0.2) is 49.8 Å². The van der Waals surface area contributed by atoms with Crippen LogP contribution in [0.25, 0.3) is 0 Å². The summed E-state index contributed by atoms with van der Waals surface area (Å²) < 4.78 is 15.9. The molecule has 0 aromatic heterocycles. The molecule has 0 bridgehead atoms. The molecular formula is C21H21ClN4O5S. The third kappa shape index (κ3) is 5.92. The average Bonchev–Trinajstić information content (AvgIpc) is 2.78. The standard InChI is InChI=1S/C21H21ClN4O5S/c1-29-15-7-12(8-16(30-2)19(15)31-3)11-23-26-21-25-18(27)10-17(32-21)20(28)24-14-6-4-5-13(22)9-14/h4-9,11,17H,10H2,1-3H3,(H,24,28)(H,25,26,27)/b23-11+. The van der Waals surface area contributed by atoms with Crippen LogP contribution in [-0.2, 0) is 9.59 Å². The first kappa shape index (κ1) is 23.4. The smallest absolute Gasteiger partial charge is 0.238 e. The van der Waals surface area contributed by atoms with E-state index < -0.39 is 5.25 Å². The average molecular weight is 477 g/mol. The fourth-order valence-electron chi connectivity index (χ4n) is 2.85. The van der Waals surface area contributed by atoms with E-state index in [1.54, 1.807) is 36.4 Å². The summed E-state index contributed by atoms with van der Waals surface area (Å²) in [4.78, 5) is 24.6. The van der Waals surface area contributed by atoms with Crippen molar-refractivity contribution in [1.29, 1.82) is 0 Å². The van der Waals surface area contributed by atoms with E-state index in [9.17, 15) is 9.59 Å². The molecule has 0 aliphatic carbocycles. The van der Waals surface area contributed by atoms with E-state index >= 15 is 0 Å². The number of carbonyl (C=O) groups excluding carboxylic acids is 2. The van der Waals surface area contributed by atoms with E-state index in [1.165, 1.54) is 27.5 Å². The van der Waals surface area contributed by atoms with Gasteiger partial charge in [0, 0.05) is 22.7 Å². The number of anilines is 1. The maximum atomic E-state index is 12.6. The first-order valence-corrected chi connectivity index (χ1v) is 10.6. The summed E-state index contributed by atoms with van der Waals surface area (Å²) in [5.41, 5.74) is 1.19. The minimum atomic E-state index is -0.655. The fourth-order valence-corrected chi connectivity index (χ4v) is 3.98. The number of benzene rings is 2. The number of amides is 2. The molecule has 1 saturated heterocycles. The first-order valence-electron chi connectivity index (χ1n) is 9.37. The molecule has 2 aromatic carbocycles. The van der Waals surface area contributed by atoms with Gasteiger partial charge < -0.3 is 24.8 Å². The third-order valence-electron chi connectivity index (χ3n) is 4.30. The molecular weight excluding hydrogens is 456 g/mol. The lowest BCUT2D eigenvalue weighted by molar-refractivity contribution is -0.123. The Balaban J connectivity index is 1.72. The van der Waals surface area contributed by atoms with Crippen molar-refractivity contribution in [3.05, 3.63) is 47.0 Å². The van der Waals surface area contributed by atoms with E-state index in [4.69, 9.17) is 25.8 Å². The van der Waals surface area contributed by atoms with Crippen LogP contribution in [0.5, 0.6) is 17.2 Å². The van der Waals surface area contributed by atoms with E-state index in [2.05, 4.69) is 20.8 Å². The minimum Gasteiger partial charge on any atom is -0.493 e. The van der Waals surface area contributed by atoms with Gasteiger partial charge in [0.25, 0.3) is 0 Å². The first-order chi connectivity index (χ1) is 15.4. The van der Waals surface area contributed by atoms with Gasteiger partial charge in [0.1, 0.15) is 5.25 Å². The van der Waals surface area contributed by atoms with Gasteiger partial charge in [-0.25, -0.2) is 0 Å². The number of hydrogen-bond acceptors (Lipinski definition) is 8. The van der Waals surface area contributed by atoms with Gasteiger partial charge in [0.2, 0.25) is 17.6 Å². The molecule has 1 atom stereocenters. The van der Waals surface area contributed by atoms with Crippen LogP contribution >= 0.6 is 23.4 Å². The summed E-state index contributed by atoms with van der Waals surface area (Å²) in [6.45, 7) is 0. The lowest BCUT2D eigenvalue weighted by Crippen LogP contribution is -2.41. The summed E-state index contributed by atoms with van der Waals surface area (Å²) >= 11 is 7.06. The molecule has 1 aliphatic rings. The number of halogens is 1. The van der Waals surface area contributed by atoms with Crippen molar-refractivity contribution in [2.45, 2.75) is 11.7 Å². The van der Waals surface area contributed by atoms with Crippen LogP contribution in [0.1, 0.15) is 12.0 Å². The fraction of sp³-hybridized carbons (Fsp3) is 0.238. The van der Waals surface area contributed by atoms with Crippen LogP contribution in [0.2, 0.25) is 5.02 Å². The Morgan fingerprint density at radius 2 is 1.91 bits per heavy atom. The number of nitrogens with one attached hydrogen (secondary N) is 2. The normalized spacial score (nSPS) is 17.2. The zero-order valence-corrected chi connectivity index (χ0v) is 19.1. The molecule has 2 aromatic rings. The van der Waals surface area contributed by atoms with E-state index in [0.717, 1.165) is 11.8 Å². The van der Waals surface area contributed by atoms with Crippen LogP contribution in [0.4, 0.5) is 5.69 Å². The van der Waals surface area contributed by atoms with Crippen molar-refractivity contribution in [3.8, 4) is 17.2 Å². The highest BCUT2D eigenvalue weighted by atomic mass is 35.5. The summed E-state index contributed by atoms with van der Waals surface area (Å²) in [5.74, 6) is 0.755. The van der Waals surface area contributed by atoms with Crippen molar-refractivity contribution in [3.63, 3.8) is 0 Å². The predicted octanol–water partition coefficient (Wildman–Crippen LogP) is 3.32. The lowest BCUT2D eigenvalue weighted by atomic mass is 10.2. The highest BCUT2D eigenvalue weighted by Crippen LogP contribution is 2.37. The maximum absolute atomic E-state index is 12.6. The topological polar surface area (TPSA) is 111 Å². The van der Waals surface area contributed by atoms with Gasteiger partial charge in [-0.15, -0.1) is 5.10 Å². The van der Waals surface area contributed by atoms with Gasteiger partial charge in [-0.2, -0.15) is 5.10 Å². The summed E-state index contributed by atoms with van der Waals surface area (Å²) in [5, 5.41) is 13.5. The molecule has 2 amide bonds. The third-order valence-corrected chi connectivity index (χ3v) is 5.61. The van der Waals surface area contributed by atoms with Crippen LogP contribution < -0.4 is 24.8 Å². The van der Waals surface area contributed by atoms with Gasteiger partial charge in [-0.1, -0.05) is 29.4 Å². The number of rotatable bonds is 7. The second-order valence-electron chi connectivity index (χ2n) is 6.47. The van der Waals surface area contributed by atoms with E-state index in [1.807, 2.05) is 0 Å². The van der Waals surface area contributed by atoms with Crippen molar-refractivity contribution < 1.29 is 23.8 Å². The number of hydrogen-bond donors (Lipinski definition) is 2. The minimum absolute atomic E-state index is 0.0205. The summed E-state index contributed by atoms with van der Waals surface area (Å²) in [6.07, 6.45) is 1.49. The Kier molecular flexibility index (Phi) is 7.96. The molecule has 1 heterocycles. The highest BCUT2D eigenvalue weighted by Gasteiger charge is 2.30. The Hall–Kier alpha value is -3.24. The zero-order valence-electron chi connectivity index (χ0n) is 17.5. The molecule has 32 heavy (non-hydrogen) atoms. The van der Waals surface area contributed by atoms with Gasteiger partial charge in [0.05, 0.1) is 27.5 Å². The Morgan fingerprint density at radius 3 is 2.53 bits per heavy atom. The van der Waals surface area contributed by atoms with Crippen molar-refractivity contribution >= 4 is 52.2 Å². The SMILES string of the molecule is COc1cc(/C=N/N=C2NC(=O)CC(C(=O)Nc3cccc(Cl)c3)S2)cc(OC)c1OC. The Bertz CT molecular complexity index is 1050. The molecule has 1 aliphatic heterocycles. The molecule has 2 N–H and O–H groups in total. The maximum Gasteiger partial charge on any atom is 0.238 e. The number of amidine groups is 1. The molecule has 0 saturated carbocycles. The molecule has 168 valence electrons. The monoisotopic (exact) mass is 476 g/mol. The molecule has 3 rings (SSSR count). The number of nitrogens with zero attached hydrogens (tertiary/aromatic N) is 2. The van der Waals surface area contributed by atoms with Crippen molar-refractivity contribution in [1.82, 2.24) is 5.32 Å². The Morgan fingerprint density at radius 1 is 1.19 bits per heavy atom. The predicted molar refractivity (Wildman–Crippen MR) is 125 cm³/mol. The van der Waals surface area contributed by atoms with E-state index in [0.29, 0.717) is 33.5 Å². The quantitative estimate of drug-likeness (QED) is 0.468. The second kappa shape index (κ2) is 10.9. The van der Waals surface area contributed by atoms with Gasteiger partial charge in [0.15, 0.2) is 16.7 Å².